The van der Waals surface area contributed by atoms with Crippen molar-refractivity contribution in [2.45, 2.75) is 38.1 Å². The highest BCUT2D eigenvalue weighted by molar-refractivity contribution is 5.93. The third kappa shape index (κ3) is 4.30. The first-order valence-electron chi connectivity index (χ1n) is 10.6. The van der Waals surface area contributed by atoms with Crippen molar-refractivity contribution < 1.29 is 29.0 Å². The van der Waals surface area contributed by atoms with E-state index in [1.165, 1.54) is 6.20 Å². The van der Waals surface area contributed by atoms with Crippen LogP contribution in [0.5, 0.6) is 0 Å². The number of carboxylic acid groups (broad SMARTS) is 2. The summed E-state index contributed by atoms with van der Waals surface area (Å²) >= 11 is 0. The fourth-order valence-electron chi connectivity index (χ4n) is 4.15. The second kappa shape index (κ2) is 8.60. The number of aromatic nitrogens is 1. The van der Waals surface area contributed by atoms with Gasteiger partial charge in [0.25, 0.3) is 0 Å². The van der Waals surface area contributed by atoms with Crippen LogP contribution in [-0.4, -0.2) is 63.7 Å². The van der Waals surface area contributed by atoms with Crippen molar-refractivity contribution in [2.24, 2.45) is 0 Å². The summed E-state index contributed by atoms with van der Waals surface area (Å²) < 4.78 is 16.7. The Kier molecular flexibility index (Phi) is 5.86. The number of benzene rings is 1. The van der Waals surface area contributed by atoms with Crippen molar-refractivity contribution in [3.8, 4) is 0 Å². The number of rotatable bonds is 7. The predicted molar refractivity (Wildman–Crippen MR) is 114 cm³/mol. The number of hydrogen-bond donors (Lipinski definition) is 2. The number of aromatic carboxylic acids is 1. The molecule has 2 fully saturated rings. The van der Waals surface area contributed by atoms with Gasteiger partial charge in [-0.05, 0) is 31.4 Å². The minimum atomic E-state index is -1.33. The van der Waals surface area contributed by atoms with Crippen LogP contribution < -0.4 is 10.3 Å². The number of pyridine rings is 1. The SMILES string of the molecule is O=C(O)CCCC(=O)N1CCN(c2cc3c(cc2F)c(=O)c(C(=O)O)cn3C2CC2)CC1. The van der Waals surface area contributed by atoms with Gasteiger partial charge in [0.15, 0.2) is 0 Å². The van der Waals surface area contributed by atoms with Gasteiger partial charge in [-0.1, -0.05) is 0 Å². The molecule has 1 aliphatic heterocycles. The lowest BCUT2D eigenvalue weighted by atomic mass is 10.1. The third-order valence-corrected chi connectivity index (χ3v) is 6.03. The lowest BCUT2D eigenvalue weighted by Gasteiger charge is -2.36. The van der Waals surface area contributed by atoms with Gasteiger partial charge in [-0.25, -0.2) is 9.18 Å². The number of amides is 1. The first-order chi connectivity index (χ1) is 15.3. The van der Waals surface area contributed by atoms with Crippen molar-refractivity contribution in [1.82, 2.24) is 9.47 Å². The Morgan fingerprint density at radius 3 is 2.31 bits per heavy atom. The number of hydrogen-bond acceptors (Lipinski definition) is 5. The van der Waals surface area contributed by atoms with Gasteiger partial charge in [0.05, 0.1) is 11.2 Å². The van der Waals surface area contributed by atoms with Crippen molar-refractivity contribution in [3.63, 3.8) is 0 Å². The monoisotopic (exact) mass is 445 g/mol. The predicted octanol–water partition coefficient (Wildman–Crippen LogP) is 2.08. The topological polar surface area (TPSA) is 120 Å². The van der Waals surface area contributed by atoms with Gasteiger partial charge < -0.3 is 24.6 Å². The molecule has 1 saturated carbocycles. The molecule has 1 aliphatic carbocycles. The molecule has 0 unspecified atom stereocenters. The maximum absolute atomic E-state index is 15.0. The summed E-state index contributed by atoms with van der Waals surface area (Å²) in [4.78, 5) is 50.4. The molecule has 170 valence electrons. The first-order valence-corrected chi connectivity index (χ1v) is 10.6. The standard InChI is InChI=1S/C22H24FN3O6/c23-16-10-14-17(26(13-4-5-13)12-15(21(14)30)22(31)32)11-18(16)24-6-8-25(9-7-24)19(27)2-1-3-20(28)29/h10-13H,1-9H2,(H,28,29)(H,31,32). The Balaban J connectivity index is 1.56. The van der Waals surface area contributed by atoms with E-state index in [1.807, 2.05) is 4.90 Å². The number of nitrogens with zero attached hydrogens (tertiary/aromatic N) is 3. The number of fused-ring (bicyclic) bond motifs is 1. The van der Waals surface area contributed by atoms with Gasteiger partial charge >= 0.3 is 11.9 Å². The molecule has 1 aromatic carbocycles. The molecular weight excluding hydrogens is 421 g/mol. The summed E-state index contributed by atoms with van der Waals surface area (Å²) in [7, 11) is 0. The highest BCUT2D eigenvalue weighted by Crippen LogP contribution is 2.38. The van der Waals surface area contributed by atoms with Crippen LogP contribution in [0.15, 0.2) is 23.1 Å². The van der Waals surface area contributed by atoms with Crippen LogP contribution in [-0.2, 0) is 9.59 Å². The Labute approximate surface area is 182 Å². The van der Waals surface area contributed by atoms with Crippen molar-refractivity contribution >= 4 is 34.4 Å². The fraction of sp³-hybridized carbons (Fsp3) is 0.455. The number of piperazine rings is 1. The van der Waals surface area contributed by atoms with Crippen LogP contribution in [0.4, 0.5) is 10.1 Å². The molecular formula is C22H24FN3O6. The van der Waals surface area contributed by atoms with Crippen molar-refractivity contribution in [2.75, 3.05) is 31.1 Å². The number of carbonyl (C=O) groups is 3. The Bertz CT molecular complexity index is 1150. The van der Waals surface area contributed by atoms with E-state index < -0.39 is 23.2 Å². The molecule has 2 aromatic rings. The van der Waals surface area contributed by atoms with E-state index in [1.54, 1.807) is 15.5 Å². The average Bonchev–Trinajstić information content (AvgIpc) is 3.59. The minimum absolute atomic E-state index is 0.0466. The molecule has 0 bridgehead atoms. The third-order valence-electron chi connectivity index (χ3n) is 6.03. The van der Waals surface area contributed by atoms with Gasteiger partial charge in [0.1, 0.15) is 11.4 Å². The molecule has 9 nitrogen and oxygen atoms in total. The van der Waals surface area contributed by atoms with E-state index in [2.05, 4.69) is 0 Å². The molecule has 1 amide bonds. The van der Waals surface area contributed by atoms with Crippen LogP contribution in [0, 0.1) is 5.82 Å². The van der Waals surface area contributed by atoms with Gasteiger partial charge in [0, 0.05) is 56.6 Å². The molecule has 2 aliphatic rings. The maximum atomic E-state index is 15.0. The summed E-state index contributed by atoms with van der Waals surface area (Å²) in [5, 5.41) is 18.1. The molecule has 0 spiro atoms. The molecule has 1 aromatic heterocycles. The Hall–Kier alpha value is -3.43. The van der Waals surface area contributed by atoms with E-state index in [0.29, 0.717) is 37.4 Å². The van der Waals surface area contributed by atoms with Gasteiger partial charge in [-0.3, -0.25) is 14.4 Å². The summed E-state index contributed by atoms with van der Waals surface area (Å²) in [6.07, 6.45) is 3.47. The molecule has 2 N–H and O–H groups in total. The van der Waals surface area contributed by atoms with E-state index >= 15 is 0 Å². The zero-order chi connectivity index (χ0) is 23.0. The van der Waals surface area contributed by atoms with Gasteiger partial charge in [-0.2, -0.15) is 0 Å². The average molecular weight is 445 g/mol. The zero-order valence-corrected chi connectivity index (χ0v) is 17.4. The second-order valence-corrected chi connectivity index (χ2v) is 8.25. The van der Waals surface area contributed by atoms with Crippen LogP contribution >= 0.6 is 0 Å². The molecule has 10 heteroatoms. The van der Waals surface area contributed by atoms with E-state index in [4.69, 9.17) is 5.11 Å². The molecule has 0 radical (unpaired) electrons. The number of aliphatic carboxylic acids is 1. The van der Waals surface area contributed by atoms with E-state index in [9.17, 15) is 28.7 Å². The largest absolute Gasteiger partial charge is 0.481 e. The molecule has 4 rings (SSSR count). The Morgan fingerprint density at radius 2 is 1.72 bits per heavy atom. The van der Waals surface area contributed by atoms with Crippen LogP contribution in [0.2, 0.25) is 0 Å². The van der Waals surface area contributed by atoms with Crippen LogP contribution in [0.25, 0.3) is 10.9 Å². The fourth-order valence-corrected chi connectivity index (χ4v) is 4.15. The molecule has 1 saturated heterocycles. The Morgan fingerprint density at radius 1 is 1.03 bits per heavy atom. The van der Waals surface area contributed by atoms with Gasteiger partial charge in [-0.15, -0.1) is 0 Å². The molecule has 32 heavy (non-hydrogen) atoms. The molecule has 0 atom stereocenters. The summed E-state index contributed by atoms with van der Waals surface area (Å²) in [5.41, 5.74) is -0.253. The normalized spacial score (nSPS) is 16.4. The highest BCUT2D eigenvalue weighted by atomic mass is 19.1. The summed E-state index contributed by atoms with van der Waals surface area (Å²) in [6, 6.07) is 2.80. The summed E-state index contributed by atoms with van der Waals surface area (Å²) in [5.74, 6) is -3.00. The van der Waals surface area contributed by atoms with Crippen molar-refractivity contribution in [3.05, 3.63) is 39.9 Å². The summed E-state index contributed by atoms with van der Waals surface area (Å²) in [6.45, 7) is 1.56. The number of carboxylic acids is 2. The quantitative estimate of drug-likeness (QED) is 0.669. The zero-order valence-electron chi connectivity index (χ0n) is 17.4. The lowest BCUT2D eigenvalue weighted by molar-refractivity contribution is -0.137. The van der Waals surface area contributed by atoms with E-state index in [0.717, 1.165) is 18.9 Å². The van der Waals surface area contributed by atoms with Crippen LogP contribution in [0.3, 0.4) is 0 Å². The minimum Gasteiger partial charge on any atom is -0.481 e. The second-order valence-electron chi connectivity index (χ2n) is 8.25. The number of carbonyl (C=O) groups excluding carboxylic acids is 1. The smallest absolute Gasteiger partial charge is 0.341 e. The van der Waals surface area contributed by atoms with E-state index in [-0.39, 0.29) is 42.2 Å². The first kappa shape index (κ1) is 21.8. The van der Waals surface area contributed by atoms with Crippen molar-refractivity contribution in [1.29, 1.82) is 0 Å². The number of anilines is 1. The number of halogens is 1. The van der Waals surface area contributed by atoms with Crippen LogP contribution in [0.1, 0.15) is 48.5 Å². The highest BCUT2D eigenvalue weighted by Gasteiger charge is 2.29. The van der Waals surface area contributed by atoms with Gasteiger partial charge in [0.2, 0.25) is 11.3 Å². The molecule has 2 heterocycles. The maximum Gasteiger partial charge on any atom is 0.341 e. The lowest BCUT2D eigenvalue weighted by Crippen LogP contribution is -2.49.